The van der Waals surface area contributed by atoms with Gasteiger partial charge in [-0.25, -0.2) is 0 Å². The molecule has 1 aromatic carbocycles. The number of hydrogen-bond donors (Lipinski definition) is 1. The molecule has 2 heterocycles. The maximum Gasteiger partial charge on any atom is 0.316 e. The van der Waals surface area contributed by atoms with Gasteiger partial charge in [-0.3, -0.25) is 14.2 Å². The van der Waals surface area contributed by atoms with Gasteiger partial charge in [0.15, 0.2) is 0 Å². The number of nitrogens with zero attached hydrogens (tertiary/aromatic N) is 3. The van der Waals surface area contributed by atoms with E-state index in [2.05, 4.69) is 15.1 Å². The molecule has 7 heteroatoms. The molecule has 0 unspecified atom stereocenters. The Hall–Kier alpha value is -2.70. The molecule has 1 aliphatic carbocycles. The van der Waals surface area contributed by atoms with Crippen molar-refractivity contribution < 1.29 is 4.52 Å². The topological polar surface area (TPSA) is 93.8 Å². The lowest BCUT2D eigenvalue weighted by atomic mass is 9.89. The van der Waals surface area contributed by atoms with Gasteiger partial charge in [-0.1, -0.05) is 24.4 Å². The predicted octanol–water partition coefficient (Wildman–Crippen LogP) is 3.37. The summed E-state index contributed by atoms with van der Waals surface area (Å²) in [5.74, 6) is 1.55. The van der Waals surface area contributed by atoms with Gasteiger partial charge in [-0.05, 0) is 44.9 Å². The van der Waals surface area contributed by atoms with E-state index in [0.29, 0.717) is 28.7 Å². The molecule has 3 aromatic rings. The molecule has 1 aliphatic rings. The molecule has 0 atom stereocenters. The number of nitrogens with one attached hydrogen (secondary N) is 1. The van der Waals surface area contributed by atoms with E-state index in [1.165, 1.54) is 23.8 Å². The first-order chi connectivity index (χ1) is 12.5. The number of fused-ring (bicyclic) bond motifs is 1. The summed E-state index contributed by atoms with van der Waals surface area (Å²) >= 11 is 0. The van der Waals surface area contributed by atoms with Gasteiger partial charge in [0.25, 0.3) is 0 Å². The van der Waals surface area contributed by atoms with E-state index < -0.39 is 11.1 Å². The number of hydrogen-bond acceptors (Lipinski definition) is 5. The maximum atomic E-state index is 12.1. The second kappa shape index (κ2) is 6.55. The average molecular weight is 354 g/mol. The number of rotatable bonds is 3. The van der Waals surface area contributed by atoms with E-state index >= 15 is 0 Å². The Morgan fingerprint density at radius 1 is 1.19 bits per heavy atom. The summed E-state index contributed by atoms with van der Waals surface area (Å²) in [6.45, 7) is 3.76. The second-order valence-corrected chi connectivity index (χ2v) is 7.25. The SMILES string of the molecule is CC(C)n1c(=O)c(=O)[nH]c2cc(-c3noc(C4CCCCC4)n3)ccc21. The standard InChI is InChI=1S/C19H22N4O3/c1-11(2)23-15-9-8-13(10-14(15)20-17(24)19(23)25)16-21-18(26-22-16)12-6-4-3-5-7-12/h8-12H,3-7H2,1-2H3,(H,20,24). The fraction of sp³-hybridized carbons (Fsp3) is 0.474. The molecular weight excluding hydrogens is 332 g/mol. The first kappa shape index (κ1) is 16.8. The van der Waals surface area contributed by atoms with Crippen molar-refractivity contribution in [3.05, 3.63) is 44.8 Å². The smallest absolute Gasteiger partial charge is 0.316 e. The third kappa shape index (κ3) is 2.87. The number of benzene rings is 1. The first-order valence-corrected chi connectivity index (χ1v) is 9.17. The minimum absolute atomic E-state index is 0.110. The van der Waals surface area contributed by atoms with Crippen LogP contribution in [0.5, 0.6) is 0 Å². The van der Waals surface area contributed by atoms with Gasteiger partial charge in [0, 0.05) is 17.5 Å². The minimum Gasteiger partial charge on any atom is -0.339 e. The van der Waals surface area contributed by atoms with Crippen LogP contribution in [0.25, 0.3) is 22.4 Å². The third-order valence-electron chi connectivity index (χ3n) is 5.09. The van der Waals surface area contributed by atoms with Gasteiger partial charge in [0.05, 0.1) is 11.0 Å². The molecular formula is C19H22N4O3. The Balaban J connectivity index is 1.76. The molecule has 1 saturated carbocycles. The Bertz CT molecular complexity index is 1050. The fourth-order valence-electron chi connectivity index (χ4n) is 3.76. The van der Waals surface area contributed by atoms with Crippen molar-refractivity contribution in [3.63, 3.8) is 0 Å². The Morgan fingerprint density at radius 3 is 2.69 bits per heavy atom. The van der Waals surface area contributed by atoms with Crippen molar-refractivity contribution in [2.75, 3.05) is 0 Å². The third-order valence-corrected chi connectivity index (χ3v) is 5.09. The minimum atomic E-state index is -0.626. The van der Waals surface area contributed by atoms with E-state index in [0.717, 1.165) is 18.4 Å². The van der Waals surface area contributed by atoms with E-state index in [-0.39, 0.29) is 6.04 Å². The lowest BCUT2D eigenvalue weighted by Crippen LogP contribution is -2.37. The Morgan fingerprint density at radius 2 is 1.96 bits per heavy atom. The summed E-state index contributed by atoms with van der Waals surface area (Å²) in [4.78, 5) is 31.3. The molecule has 0 radical (unpaired) electrons. The molecule has 0 saturated heterocycles. The van der Waals surface area contributed by atoms with Crippen molar-refractivity contribution in [2.45, 2.75) is 57.9 Å². The summed E-state index contributed by atoms with van der Waals surface area (Å²) in [6, 6.07) is 5.36. The lowest BCUT2D eigenvalue weighted by Gasteiger charge is -2.17. The van der Waals surface area contributed by atoms with Gasteiger partial charge in [0.2, 0.25) is 11.7 Å². The number of aromatic nitrogens is 4. The number of H-pyrrole nitrogens is 1. The van der Waals surface area contributed by atoms with Crippen LogP contribution in [0.3, 0.4) is 0 Å². The van der Waals surface area contributed by atoms with Crippen LogP contribution >= 0.6 is 0 Å². The average Bonchev–Trinajstić information content (AvgIpc) is 3.13. The van der Waals surface area contributed by atoms with Crippen LogP contribution in [0.15, 0.2) is 32.3 Å². The monoisotopic (exact) mass is 354 g/mol. The van der Waals surface area contributed by atoms with Crippen molar-refractivity contribution in [1.82, 2.24) is 19.7 Å². The highest BCUT2D eigenvalue weighted by atomic mass is 16.5. The van der Waals surface area contributed by atoms with Gasteiger partial charge in [-0.15, -0.1) is 0 Å². The van der Waals surface area contributed by atoms with Crippen molar-refractivity contribution in [3.8, 4) is 11.4 Å². The van der Waals surface area contributed by atoms with Gasteiger partial charge in [-0.2, -0.15) is 4.98 Å². The van der Waals surface area contributed by atoms with Crippen LogP contribution in [0.1, 0.15) is 63.8 Å². The van der Waals surface area contributed by atoms with Crippen LogP contribution < -0.4 is 11.1 Å². The van der Waals surface area contributed by atoms with Crippen LogP contribution in [0, 0.1) is 0 Å². The Kier molecular flexibility index (Phi) is 4.22. The molecule has 7 nitrogen and oxygen atoms in total. The van der Waals surface area contributed by atoms with Crippen molar-refractivity contribution >= 4 is 11.0 Å². The van der Waals surface area contributed by atoms with Crippen LogP contribution in [0.2, 0.25) is 0 Å². The highest BCUT2D eigenvalue weighted by Crippen LogP contribution is 2.32. The van der Waals surface area contributed by atoms with E-state index in [9.17, 15) is 9.59 Å². The summed E-state index contributed by atoms with van der Waals surface area (Å²) in [5.41, 5.74) is 0.862. The molecule has 0 spiro atoms. The summed E-state index contributed by atoms with van der Waals surface area (Å²) in [7, 11) is 0. The summed E-state index contributed by atoms with van der Waals surface area (Å²) in [5, 5.41) is 4.12. The molecule has 4 rings (SSSR count). The van der Waals surface area contributed by atoms with Crippen molar-refractivity contribution in [1.29, 1.82) is 0 Å². The largest absolute Gasteiger partial charge is 0.339 e. The van der Waals surface area contributed by atoms with Gasteiger partial charge < -0.3 is 9.51 Å². The number of aromatic amines is 1. The highest BCUT2D eigenvalue weighted by Gasteiger charge is 2.22. The molecule has 2 aromatic heterocycles. The van der Waals surface area contributed by atoms with Gasteiger partial charge >= 0.3 is 11.1 Å². The summed E-state index contributed by atoms with van der Waals surface area (Å²) in [6.07, 6.45) is 5.85. The fourth-order valence-corrected chi connectivity index (χ4v) is 3.76. The van der Waals surface area contributed by atoms with Crippen LogP contribution in [-0.2, 0) is 0 Å². The molecule has 26 heavy (non-hydrogen) atoms. The quantitative estimate of drug-likeness (QED) is 0.728. The zero-order valence-corrected chi connectivity index (χ0v) is 15.0. The van der Waals surface area contributed by atoms with Gasteiger partial charge in [0.1, 0.15) is 0 Å². The molecule has 136 valence electrons. The lowest BCUT2D eigenvalue weighted by molar-refractivity contribution is 0.314. The molecule has 0 aliphatic heterocycles. The zero-order valence-electron chi connectivity index (χ0n) is 15.0. The van der Waals surface area contributed by atoms with E-state index in [4.69, 9.17) is 4.52 Å². The van der Waals surface area contributed by atoms with Crippen LogP contribution in [0.4, 0.5) is 0 Å². The maximum absolute atomic E-state index is 12.1. The first-order valence-electron chi connectivity index (χ1n) is 9.17. The normalized spacial score (nSPS) is 15.8. The molecule has 0 amide bonds. The Labute approximate surface area is 150 Å². The second-order valence-electron chi connectivity index (χ2n) is 7.25. The molecule has 0 bridgehead atoms. The predicted molar refractivity (Wildman–Crippen MR) is 98.3 cm³/mol. The molecule has 1 N–H and O–H groups in total. The van der Waals surface area contributed by atoms with Crippen LogP contribution in [-0.4, -0.2) is 19.7 Å². The highest BCUT2D eigenvalue weighted by molar-refractivity contribution is 5.80. The van der Waals surface area contributed by atoms with Crippen molar-refractivity contribution in [2.24, 2.45) is 0 Å². The van der Waals surface area contributed by atoms with E-state index in [1.807, 2.05) is 26.0 Å². The van der Waals surface area contributed by atoms with E-state index in [1.54, 1.807) is 6.07 Å². The molecule has 1 fully saturated rings. The summed E-state index contributed by atoms with van der Waals surface area (Å²) < 4.78 is 6.99. The zero-order chi connectivity index (χ0) is 18.3.